The van der Waals surface area contributed by atoms with E-state index in [-0.39, 0.29) is 18.1 Å². The summed E-state index contributed by atoms with van der Waals surface area (Å²) < 4.78 is 11.6. The molecule has 0 spiro atoms. The van der Waals surface area contributed by atoms with Crippen LogP contribution in [0.2, 0.25) is 0 Å². The quantitative estimate of drug-likeness (QED) is 0.902. The van der Waals surface area contributed by atoms with Crippen molar-refractivity contribution in [3.63, 3.8) is 0 Å². The van der Waals surface area contributed by atoms with Gasteiger partial charge in [-0.2, -0.15) is 0 Å². The summed E-state index contributed by atoms with van der Waals surface area (Å²) in [5, 5.41) is 10.9. The van der Waals surface area contributed by atoms with Gasteiger partial charge in [0.05, 0.1) is 24.9 Å². The highest BCUT2D eigenvalue weighted by Crippen LogP contribution is 2.47. The highest BCUT2D eigenvalue weighted by atomic mass is 16.5. The Morgan fingerprint density at radius 2 is 1.95 bits per heavy atom. The van der Waals surface area contributed by atoms with E-state index < -0.39 is 5.60 Å². The van der Waals surface area contributed by atoms with E-state index >= 15 is 0 Å². The Hall–Kier alpha value is -1.06. The van der Waals surface area contributed by atoms with Gasteiger partial charge in [-0.1, -0.05) is 25.5 Å². The third-order valence-electron chi connectivity index (χ3n) is 5.28. The average molecular weight is 290 g/mol. The van der Waals surface area contributed by atoms with Crippen LogP contribution >= 0.6 is 0 Å². The number of methoxy groups -OCH3 is 1. The molecule has 116 valence electrons. The smallest absolute Gasteiger partial charge is 0.118 e. The number of benzene rings is 1. The zero-order valence-corrected chi connectivity index (χ0v) is 13.2. The summed E-state index contributed by atoms with van der Waals surface area (Å²) in [5.41, 5.74) is 0.501. The molecule has 1 aliphatic heterocycles. The van der Waals surface area contributed by atoms with Crippen molar-refractivity contribution in [1.82, 2.24) is 0 Å². The average Bonchev–Trinajstić information content (AvgIpc) is 2.46. The molecule has 1 aromatic rings. The highest BCUT2D eigenvalue weighted by molar-refractivity contribution is 5.29. The van der Waals surface area contributed by atoms with Crippen molar-refractivity contribution < 1.29 is 14.6 Å². The molecule has 1 saturated heterocycles. The molecule has 1 N–H and O–H groups in total. The van der Waals surface area contributed by atoms with Gasteiger partial charge < -0.3 is 14.6 Å². The second-order valence-electron chi connectivity index (χ2n) is 7.02. The minimum atomic E-state index is -0.631. The van der Waals surface area contributed by atoms with E-state index in [0.29, 0.717) is 12.3 Å². The van der Waals surface area contributed by atoms with Gasteiger partial charge in [0.25, 0.3) is 0 Å². The third kappa shape index (κ3) is 2.95. The molecule has 0 amide bonds. The van der Waals surface area contributed by atoms with Gasteiger partial charge in [-0.05, 0) is 43.4 Å². The molecule has 21 heavy (non-hydrogen) atoms. The van der Waals surface area contributed by atoms with Crippen LogP contribution in [-0.4, -0.2) is 23.9 Å². The lowest BCUT2D eigenvalue weighted by Crippen LogP contribution is -2.51. The van der Waals surface area contributed by atoms with E-state index in [4.69, 9.17) is 9.47 Å². The lowest BCUT2D eigenvalue weighted by molar-refractivity contribution is -0.197. The van der Waals surface area contributed by atoms with Crippen LogP contribution in [0.3, 0.4) is 0 Å². The minimum absolute atomic E-state index is 0.0162. The van der Waals surface area contributed by atoms with Gasteiger partial charge >= 0.3 is 0 Å². The lowest BCUT2D eigenvalue weighted by Gasteiger charge is -2.49. The standard InChI is InChI=1S/C18H26O3/c1-12-4-9-15-16(10-12)21-17(11-18(15,2)19)13-5-7-14(20-3)8-6-13/h5-8,12,15-17,19H,4,9-11H2,1-3H3/t12-,15-,16-,17-,18+/m1/s1. The SMILES string of the molecule is COc1ccc([C@H]2C[C@](C)(O)[C@@H]3CC[C@@H](C)C[C@H]3O2)cc1. The molecule has 3 heteroatoms. The normalized spacial score (nSPS) is 39.6. The van der Waals surface area contributed by atoms with Gasteiger partial charge in [0.15, 0.2) is 0 Å². The first kappa shape index (κ1) is 14.9. The summed E-state index contributed by atoms with van der Waals surface area (Å²) in [7, 11) is 1.67. The van der Waals surface area contributed by atoms with Crippen LogP contribution in [-0.2, 0) is 4.74 Å². The molecule has 1 heterocycles. The first-order chi connectivity index (χ1) is 9.99. The maximum absolute atomic E-state index is 10.9. The first-order valence-corrected chi connectivity index (χ1v) is 8.01. The van der Waals surface area contributed by atoms with E-state index in [1.54, 1.807) is 7.11 Å². The number of ether oxygens (including phenoxy) is 2. The molecule has 0 bridgehead atoms. The molecular formula is C18H26O3. The fourth-order valence-electron chi connectivity index (χ4n) is 3.99. The van der Waals surface area contributed by atoms with Gasteiger partial charge in [0, 0.05) is 12.3 Å². The number of hydrogen-bond acceptors (Lipinski definition) is 3. The lowest BCUT2D eigenvalue weighted by atomic mass is 9.68. The molecule has 3 rings (SSSR count). The molecule has 5 atom stereocenters. The summed E-state index contributed by atoms with van der Waals surface area (Å²) >= 11 is 0. The fraction of sp³-hybridized carbons (Fsp3) is 0.667. The van der Waals surface area contributed by atoms with Crippen LogP contribution in [0, 0.1) is 11.8 Å². The van der Waals surface area contributed by atoms with E-state index in [9.17, 15) is 5.11 Å². The maximum atomic E-state index is 10.9. The zero-order valence-electron chi connectivity index (χ0n) is 13.2. The van der Waals surface area contributed by atoms with Crippen LogP contribution in [0.5, 0.6) is 5.75 Å². The Morgan fingerprint density at radius 3 is 2.62 bits per heavy atom. The molecular weight excluding hydrogens is 264 g/mol. The van der Waals surface area contributed by atoms with Crippen molar-refractivity contribution in [2.45, 2.75) is 57.3 Å². The molecule has 2 aliphatic rings. The van der Waals surface area contributed by atoms with Crippen molar-refractivity contribution in [2.75, 3.05) is 7.11 Å². The van der Waals surface area contributed by atoms with E-state index in [2.05, 4.69) is 6.92 Å². The van der Waals surface area contributed by atoms with Crippen LogP contribution < -0.4 is 4.74 Å². The van der Waals surface area contributed by atoms with Crippen molar-refractivity contribution in [1.29, 1.82) is 0 Å². The van der Waals surface area contributed by atoms with Gasteiger partial charge in [-0.25, -0.2) is 0 Å². The number of aliphatic hydroxyl groups is 1. The molecule has 0 radical (unpaired) electrons. The Balaban J connectivity index is 1.80. The van der Waals surface area contributed by atoms with Gasteiger partial charge in [0.2, 0.25) is 0 Å². The predicted molar refractivity (Wildman–Crippen MR) is 82.4 cm³/mol. The number of hydrogen-bond donors (Lipinski definition) is 1. The molecule has 1 aromatic carbocycles. The molecule has 1 aliphatic carbocycles. The van der Waals surface area contributed by atoms with Crippen molar-refractivity contribution in [3.8, 4) is 5.75 Å². The highest BCUT2D eigenvalue weighted by Gasteiger charge is 2.47. The van der Waals surface area contributed by atoms with E-state index in [1.165, 1.54) is 6.42 Å². The summed E-state index contributed by atoms with van der Waals surface area (Å²) in [4.78, 5) is 0. The Bertz CT molecular complexity index is 480. The van der Waals surface area contributed by atoms with Crippen LogP contribution in [0.4, 0.5) is 0 Å². The molecule has 0 aromatic heterocycles. The first-order valence-electron chi connectivity index (χ1n) is 8.01. The van der Waals surface area contributed by atoms with Gasteiger partial charge in [-0.3, -0.25) is 0 Å². The molecule has 2 fully saturated rings. The second-order valence-corrected chi connectivity index (χ2v) is 7.02. The summed E-state index contributed by atoms with van der Waals surface area (Å²) in [5.74, 6) is 1.82. The number of fused-ring (bicyclic) bond motifs is 1. The van der Waals surface area contributed by atoms with Crippen LogP contribution in [0.25, 0.3) is 0 Å². The third-order valence-corrected chi connectivity index (χ3v) is 5.28. The summed E-state index contributed by atoms with van der Waals surface area (Å²) in [6.07, 6.45) is 4.19. The van der Waals surface area contributed by atoms with Gasteiger partial charge in [0.1, 0.15) is 5.75 Å². The van der Waals surface area contributed by atoms with Crippen LogP contribution in [0.15, 0.2) is 24.3 Å². The minimum Gasteiger partial charge on any atom is -0.497 e. The van der Waals surface area contributed by atoms with Crippen LogP contribution in [0.1, 0.15) is 51.2 Å². The largest absolute Gasteiger partial charge is 0.497 e. The Kier molecular flexibility index (Phi) is 3.98. The monoisotopic (exact) mass is 290 g/mol. The van der Waals surface area contributed by atoms with Crippen molar-refractivity contribution >= 4 is 0 Å². The molecule has 3 nitrogen and oxygen atoms in total. The van der Waals surface area contributed by atoms with Crippen molar-refractivity contribution in [3.05, 3.63) is 29.8 Å². The number of rotatable bonds is 2. The van der Waals surface area contributed by atoms with Crippen molar-refractivity contribution in [2.24, 2.45) is 11.8 Å². The zero-order chi connectivity index (χ0) is 15.0. The van der Waals surface area contributed by atoms with Gasteiger partial charge in [-0.15, -0.1) is 0 Å². The van der Waals surface area contributed by atoms with E-state index in [1.807, 2.05) is 31.2 Å². The molecule has 0 unspecified atom stereocenters. The summed E-state index contributed by atoms with van der Waals surface area (Å²) in [6, 6.07) is 8.02. The Morgan fingerprint density at radius 1 is 1.24 bits per heavy atom. The summed E-state index contributed by atoms with van der Waals surface area (Å²) in [6.45, 7) is 4.27. The Labute approximate surface area is 127 Å². The second kappa shape index (κ2) is 5.62. The molecule has 1 saturated carbocycles. The van der Waals surface area contributed by atoms with E-state index in [0.717, 1.165) is 24.2 Å². The fourth-order valence-corrected chi connectivity index (χ4v) is 3.99. The topological polar surface area (TPSA) is 38.7 Å². The predicted octanol–water partition coefficient (Wildman–Crippen LogP) is 3.71. The maximum Gasteiger partial charge on any atom is 0.118 e.